The van der Waals surface area contributed by atoms with E-state index in [1.165, 1.54) is 19.4 Å². The van der Waals surface area contributed by atoms with Crippen LogP contribution >= 0.6 is 0 Å². The van der Waals surface area contributed by atoms with Gasteiger partial charge in [0.2, 0.25) is 5.90 Å². The second kappa shape index (κ2) is 9.96. The van der Waals surface area contributed by atoms with Gasteiger partial charge in [0.15, 0.2) is 5.92 Å². The summed E-state index contributed by atoms with van der Waals surface area (Å²) >= 11 is 0. The number of carbonyl (C=O) groups is 2. The van der Waals surface area contributed by atoms with Gasteiger partial charge in [0.25, 0.3) is 5.78 Å². The summed E-state index contributed by atoms with van der Waals surface area (Å²) in [4.78, 5) is 42.6. The Hall–Kier alpha value is -3.04. The van der Waals surface area contributed by atoms with Crippen molar-refractivity contribution in [3.63, 3.8) is 0 Å². The summed E-state index contributed by atoms with van der Waals surface area (Å²) in [6.45, 7) is 5.52. The Morgan fingerprint density at radius 3 is 2.48 bits per heavy atom. The number of ketones is 1. The molecule has 1 rings (SSSR count). The Balaban J connectivity index is 3.07. The molecular weight excluding hydrogens is 332 g/mol. The molecule has 25 heavy (non-hydrogen) atoms. The average molecular weight is 352 g/mol. The number of aliphatic imine (C=N–C) groups is 1. The minimum atomic E-state index is -1.22. The van der Waals surface area contributed by atoms with E-state index in [1.54, 1.807) is 20.8 Å². The predicted octanol–water partition coefficient (Wildman–Crippen LogP) is 1.08. The second-order valence-electron chi connectivity index (χ2n) is 4.63. The van der Waals surface area contributed by atoms with E-state index in [4.69, 9.17) is 9.68 Å². The molecule has 1 aliphatic rings. The van der Waals surface area contributed by atoms with Crippen LogP contribution < -0.4 is 0 Å². The van der Waals surface area contributed by atoms with Crippen LogP contribution in [0.5, 0.6) is 0 Å². The van der Waals surface area contributed by atoms with Gasteiger partial charge in [-0.1, -0.05) is 15.5 Å². The van der Waals surface area contributed by atoms with Crippen LogP contribution in [0.25, 0.3) is 0 Å². The number of nitrogens with zero attached hydrogens (tertiary/aromatic N) is 4. The highest BCUT2D eigenvalue weighted by Gasteiger charge is 2.38. The molecule has 1 unspecified atom stereocenters. The first-order chi connectivity index (χ1) is 12.0. The van der Waals surface area contributed by atoms with Crippen molar-refractivity contribution in [1.82, 2.24) is 0 Å². The van der Waals surface area contributed by atoms with Gasteiger partial charge in [0, 0.05) is 6.20 Å². The Kier molecular flexibility index (Phi) is 7.97. The van der Waals surface area contributed by atoms with Crippen LogP contribution in [0.4, 0.5) is 0 Å². The summed E-state index contributed by atoms with van der Waals surface area (Å²) in [6.07, 6.45) is 2.76. The lowest BCUT2D eigenvalue weighted by Gasteiger charge is -2.17. The standard InChI is InChI=1S/C15H20N4O6/c1-6-24-17-9(2)10(3)18-25-14-12(13(20)15(21)22-4)11(19-23-5)7-8-16-14/h7-8,12H,6H2,1-5H3. The maximum Gasteiger partial charge on any atom is 0.375 e. The normalized spacial score (nSPS) is 19.3. The number of hydrogen-bond donors (Lipinski definition) is 0. The van der Waals surface area contributed by atoms with Gasteiger partial charge in [-0.2, -0.15) is 0 Å². The summed E-state index contributed by atoms with van der Waals surface area (Å²) < 4.78 is 4.46. The highest BCUT2D eigenvalue weighted by atomic mass is 16.6. The first-order valence-electron chi connectivity index (χ1n) is 7.32. The molecule has 0 saturated heterocycles. The minimum absolute atomic E-state index is 0.135. The molecule has 0 aromatic heterocycles. The van der Waals surface area contributed by atoms with Gasteiger partial charge in [-0.05, 0) is 26.8 Å². The zero-order chi connectivity index (χ0) is 18.8. The van der Waals surface area contributed by atoms with Crippen molar-refractivity contribution in [3.8, 4) is 0 Å². The molecule has 0 bridgehead atoms. The summed E-state index contributed by atoms with van der Waals surface area (Å²) in [7, 11) is 2.40. The molecule has 10 nitrogen and oxygen atoms in total. The van der Waals surface area contributed by atoms with Crippen LogP contribution in [0.3, 0.4) is 0 Å². The number of hydrogen-bond acceptors (Lipinski definition) is 10. The Morgan fingerprint density at radius 1 is 1.20 bits per heavy atom. The van der Waals surface area contributed by atoms with E-state index in [2.05, 4.69) is 30.0 Å². The van der Waals surface area contributed by atoms with Crippen molar-refractivity contribution in [2.24, 2.45) is 26.4 Å². The lowest BCUT2D eigenvalue weighted by Crippen LogP contribution is -2.38. The van der Waals surface area contributed by atoms with E-state index in [9.17, 15) is 9.59 Å². The minimum Gasteiger partial charge on any atom is -0.463 e. The lowest BCUT2D eigenvalue weighted by atomic mass is 9.96. The first kappa shape index (κ1) is 20.0. The molecule has 0 saturated carbocycles. The van der Waals surface area contributed by atoms with Crippen LogP contribution in [0, 0.1) is 5.92 Å². The number of methoxy groups -OCH3 is 1. The average Bonchev–Trinajstić information content (AvgIpc) is 2.63. The van der Waals surface area contributed by atoms with Gasteiger partial charge in [-0.25, -0.2) is 9.79 Å². The summed E-state index contributed by atoms with van der Waals surface area (Å²) in [5.41, 5.74) is 1.02. The van der Waals surface area contributed by atoms with E-state index in [-0.39, 0.29) is 11.6 Å². The molecule has 0 amide bonds. The van der Waals surface area contributed by atoms with E-state index in [0.29, 0.717) is 18.0 Å². The molecule has 0 N–H and O–H groups in total. The Morgan fingerprint density at radius 2 is 1.88 bits per heavy atom. The van der Waals surface area contributed by atoms with Gasteiger partial charge in [0.1, 0.15) is 30.9 Å². The van der Waals surface area contributed by atoms with Crippen LogP contribution in [-0.2, 0) is 28.8 Å². The molecule has 0 aliphatic carbocycles. The predicted molar refractivity (Wildman–Crippen MR) is 90.5 cm³/mol. The molecule has 0 spiro atoms. The van der Waals surface area contributed by atoms with Crippen LogP contribution in [0.1, 0.15) is 20.8 Å². The fourth-order valence-corrected chi connectivity index (χ4v) is 1.62. The zero-order valence-electron chi connectivity index (χ0n) is 14.7. The van der Waals surface area contributed by atoms with Gasteiger partial charge in [-0.3, -0.25) is 4.79 Å². The molecule has 10 heteroatoms. The van der Waals surface area contributed by atoms with E-state index >= 15 is 0 Å². The number of Topliss-reactive ketones (excluding diaryl/α,β-unsaturated/α-hetero) is 1. The topological polar surface area (TPSA) is 121 Å². The second-order valence-corrected chi connectivity index (χ2v) is 4.63. The molecule has 0 fully saturated rings. The third-order valence-electron chi connectivity index (χ3n) is 2.97. The van der Waals surface area contributed by atoms with Gasteiger partial charge in [0.05, 0.1) is 7.11 Å². The van der Waals surface area contributed by atoms with Crippen molar-refractivity contribution >= 4 is 34.8 Å². The first-order valence-corrected chi connectivity index (χ1v) is 7.32. The van der Waals surface area contributed by atoms with Crippen LogP contribution in [0.15, 0.2) is 32.7 Å². The molecular formula is C15H20N4O6. The fourth-order valence-electron chi connectivity index (χ4n) is 1.62. The van der Waals surface area contributed by atoms with Gasteiger partial charge >= 0.3 is 5.97 Å². The summed E-state index contributed by atoms with van der Waals surface area (Å²) in [5, 5.41) is 11.4. The number of carbonyl (C=O) groups excluding carboxylic acids is 2. The third-order valence-corrected chi connectivity index (χ3v) is 2.97. The molecule has 0 radical (unpaired) electrons. The molecule has 136 valence electrons. The van der Waals surface area contributed by atoms with Crippen molar-refractivity contribution in [1.29, 1.82) is 0 Å². The highest BCUT2D eigenvalue weighted by Crippen LogP contribution is 2.15. The molecule has 1 aliphatic heterocycles. The lowest BCUT2D eigenvalue weighted by molar-refractivity contribution is -0.152. The molecule has 0 aromatic rings. The Labute approximate surface area is 144 Å². The van der Waals surface area contributed by atoms with Gasteiger partial charge < -0.3 is 19.2 Å². The number of ether oxygens (including phenoxy) is 1. The quantitative estimate of drug-likeness (QED) is 0.292. The summed E-state index contributed by atoms with van der Waals surface area (Å²) in [6, 6.07) is 0. The monoisotopic (exact) mass is 352 g/mol. The summed E-state index contributed by atoms with van der Waals surface area (Å²) in [5.74, 6) is -3.33. The highest BCUT2D eigenvalue weighted by molar-refractivity contribution is 6.45. The zero-order valence-corrected chi connectivity index (χ0v) is 14.7. The largest absolute Gasteiger partial charge is 0.463 e. The van der Waals surface area contributed by atoms with Gasteiger partial charge in [-0.15, -0.1) is 0 Å². The maximum atomic E-state index is 12.2. The molecule has 1 atom stereocenters. The number of esters is 1. The van der Waals surface area contributed by atoms with Crippen LogP contribution in [-0.4, -0.2) is 55.6 Å². The van der Waals surface area contributed by atoms with Crippen molar-refractivity contribution < 1.29 is 28.8 Å². The van der Waals surface area contributed by atoms with Crippen molar-refractivity contribution in [2.75, 3.05) is 20.8 Å². The number of allylic oxidation sites excluding steroid dienone is 1. The van der Waals surface area contributed by atoms with E-state index < -0.39 is 17.7 Å². The smallest absolute Gasteiger partial charge is 0.375 e. The number of rotatable bonds is 7. The Bertz CT molecular complexity index is 663. The molecule has 0 aromatic carbocycles. The van der Waals surface area contributed by atoms with Crippen molar-refractivity contribution in [3.05, 3.63) is 12.3 Å². The number of oxime groups is 3. The van der Waals surface area contributed by atoms with E-state index in [1.807, 2.05) is 0 Å². The van der Waals surface area contributed by atoms with Crippen molar-refractivity contribution in [2.45, 2.75) is 20.8 Å². The maximum absolute atomic E-state index is 12.2. The molecule has 1 heterocycles. The third kappa shape index (κ3) is 5.52. The van der Waals surface area contributed by atoms with E-state index in [0.717, 1.165) is 7.11 Å². The van der Waals surface area contributed by atoms with Crippen LogP contribution in [0.2, 0.25) is 0 Å². The SMILES string of the molecule is CCON=C(C)C(C)=NOC1=NC=CC(=NOC)C1C(=O)C(=O)OC. The fraction of sp³-hybridized carbons (Fsp3) is 0.467.